The monoisotopic (exact) mass is 128 g/mol. The van der Waals surface area contributed by atoms with Crippen LogP contribution in [0.5, 0.6) is 0 Å². The van der Waals surface area contributed by atoms with E-state index in [1.165, 1.54) is 6.08 Å². The molecule has 0 bridgehead atoms. The molecule has 0 aliphatic heterocycles. The average Bonchev–Trinajstić information content (AvgIpc) is 1.88. The molecule has 9 heavy (non-hydrogen) atoms. The summed E-state index contributed by atoms with van der Waals surface area (Å²) in [5.41, 5.74) is 0. The summed E-state index contributed by atoms with van der Waals surface area (Å²) >= 11 is 0. The van der Waals surface area contributed by atoms with Gasteiger partial charge >= 0.3 is 0 Å². The highest BCUT2D eigenvalue weighted by Crippen LogP contribution is 1.71. The molecule has 0 saturated heterocycles. The van der Waals surface area contributed by atoms with Crippen LogP contribution in [0.1, 0.15) is 0 Å². The number of amides is 2. The molecule has 4 nitrogen and oxygen atoms in total. The number of nitrogens with one attached hydrogen (secondary N) is 2. The first-order valence-electron chi connectivity index (χ1n) is 2.37. The van der Waals surface area contributed by atoms with Gasteiger partial charge in [0.05, 0.1) is 0 Å². The van der Waals surface area contributed by atoms with Crippen LogP contribution >= 0.6 is 0 Å². The Bertz CT molecular complexity index is 104. The van der Waals surface area contributed by atoms with Crippen LogP contribution in [0.25, 0.3) is 0 Å². The van der Waals surface area contributed by atoms with Crippen molar-refractivity contribution in [1.82, 2.24) is 10.6 Å². The Kier molecular flexibility index (Phi) is 4.12. The molecule has 0 heterocycles. The van der Waals surface area contributed by atoms with Crippen LogP contribution in [0, 0.1) is 0 Å². The number of hydrogen-bond donors (Lipinski definition) is 2. The standard InChI is InChI=1S/C5H8N2O2/c1-2-5(6-3-8)7-4-9/h2-5H,1H2,(H,6,8)(H,7,9). The lowest BCUT2D eigenvalue weighted by atomic mass is 10.5. The van der Waals surface area contributed by atoms with Gasteiger partial charge in [-0.1, -0.05) is 6.58 Å². The third-order valence-electron chi connectivity index (χ3n) is 0.731. The van der Waals surface area contributed by atoms with Crippen molar-refractivity contribution in [2.75, 3.05) is 0 Å². The summed E-state index contributed by atoms with van der Waals surface area (Å²) in [5, 5.41) is 4.58. The fourth-order valence-electron chi connectivity index (χ4n) is 0.331. The number of carbonyl (C=O) groups excluding carboxylic acids is 2. The molecule has 0 atom stereocenters. The van der Waals surface area contributed by atoms with Gasteiger partial charge < -0.3 is 10.6 Å². The molecule has 2 amide bonds. The lowest BCUT2D eigenvalue weighted by molar-refractivity contribution is -0.111. The van der Waals surface area contributed by atoms with Gasteiger partial charge in [0.15, 0.2) is 0 Å². The quantitative estimate of drug-likeness (QED) is 0.283. The van der Waals surface area contributed by atoms with Gasteiger partial charge in [-0.15, -0.1) is 0 Å². The van der Waals surface area contributed by atoms with Crippen molar-refractivity contribution in [3.8, 4) is 0 Å². The second-order valence-corrected chi connectivity index (χ2v) is 1.28. The van der Waals surface area contributed by atoms with Gasteiger partial charge in [0.1, 0.15) is 6.17 Å². The summed E-state index contributed by atoms with van der Waals surface area (Å²) in [7, 11) is 0. The first-order valence-corrected chi connectivity index (χ1v) is 2.37. The molecule has 50 valence electrons. The Morgan fingerprint density at radius 2 is 1.67 bits per heavy atom. The predicted octanol–water partition coefficient (Wildman–Crippen LogP) is -1.01. The van der Waals surface area contributed by atoms with Crippen molar-refractivity contribution in [3.05, 3.63) is 12.7 Å². The molecule has 0 aromatic heterocycles. The normalized spacial score (nSPS) is 8.11. The van der Waals surface area contributed by atoms with Crippen molar-refractivity contribution < 1.29 is 9.59 Å². The summed E-state index contributed by atoms with van der Waals surface area (Å²) in [6.45, 7) is 3.36. The van der Waals surface area contributed by atoms with Crippen molar-refractivity contribution >= 4 is 12.8 Å². The maximum Gasteiger partial charge on any atom is 0.208 e. The molecule has 0 unspecified atom stereocenters. The lowest BCUT2D eigenvalue weighted by Crippen LogP contribution is -2.38. The first-order chi connectivity index (χ1) is 4.35. The van der Waals surface area contributed by atoms with Crippen molar-refractivity contribution in [1.29, 1.82) is 0 Å². The van der Waals surface area contributed by atoms with E-state index in [9.17, 15) is 9.59 Å². The Balaban J connectivity index is 3.51. The molecule has 0 fully saturated rings. The van der Waals surface area contributed by atoms with E-state index in [4.69, 9.17) is 0 Å². The van der Waals surface area contributed by atoms with Crippen molar-refractivity contribution in [2.45, 2.75) is 6.17 Å². The summed E-state index contributed by atoms with van der Waals surface area (Å²) in [4.78, 5) is 19.5. The SMILES string of the molecule is C=CC(NC=O)NC=O. The fourth-order valence-corrected chi connectivity index (χ4v) is 0.331. The molecular formula is C5H8N2O2. The van der Waals surface area contributed by atoms with Crippen LogP contribution < -0.4 is 10.6 Å². The number of hydrogen-bond acceptors (Lipinski definition) is 2. The van der Waals surface area contributed by atoms with E-state index in [1.54, 1.807) is 0 Å². The molecule has 2 N–H and O–H groups in total. The minimum atomic E-state index is -0.458. The fraction of sp³-hybridized carbons (Fsp3) is 0.200. The lowest BCUT2D eigenvalue weighted by Gasteiger charge is -2.07. The van der Waals surface area contributed by atoms with Crippen LogP contribution in [0.2, 0.25) is 0 Å². The van der Waals surface area contributed by atoms with Crippen LogP contribution in [-0.2, 0) is 9.59 Å². The maximum absolute atomic E-state index is 9.73. The Hall–Kier alpha value is -1.32. The van der Waals surface area contributed by atoms with Gasteiger partial charge in [-0.2, -0.15) is 0 Å². The third-order valence-corrected chi connectivity index (χ3v) is 0.731. The molecule has 0 spiro atoms. The molecule has 0 saturated carbocycles. The van der Waals surface area contributed by atoms with E-state index >= 15 is 0 Å². The third kappa shape index (κ3) is 3.28. The topological polar surface area (TPSA) is 58.2 Å². The van der Waals surface area contributed by atoms with Gasteiger partial charge in [0, 0.05) is 0 Å². The van der Waals surface area contributed by atoms with E-state index < -0.39 is 6.17 Å². The summed E-state index contributed by atoms with van der Waals surface area (Å²) in [6, 6.07) is 0. The van der Waals surface area contributed by atoms with Crippen molar-refractivity contribution in [3.63, 3.8) is 0 Å². The zero-order valence-electron chi connectivity index (χ0n) is 4.83. The molecule has 4 heteroatoms. The summed E-state index contributed by atoms with van der Waals surface area (Å²) in [6.07, 6.45) is 1.93. The van der Waals surface area contributed by atoms with Crippen LogP contribution in [0.15, 0.2) is 12.7 Å². The molecule has 0 aliphatic carbocycles. The highest BCUT2D eigenvalue weighted by molar-refractivity contribution is 5.51. The summed E-state index contributed by atoms with van der Waals surface area (Å²) < 4.78 is 0. The molecule has 0 aliphatic rings. The number of carbonyl (C=O) groups is 2. The highest BCUT2D eigenvalue weighted by Gasteiger charge is 1.94. The number of rotatable bonds is 5. The van der Waals surface area contributed by atoms with E-state index in [-0.39, 0.29) is 0 Å². The molecular weight excluding hydrogens is 120 g/mol. The zero-order valence-corrected chi connectivity index (χ0v) is 4.83. The maximum atomic E-state index is 9.73. The smallest absolute Gasteiger partial charge is 0.208 e. The van der Waals surface area contributed by atoms with E-state index in [2.05, 4.69) is 17.2 Å². The van der Waals surface area contributed by atoms with Crippen LogP contribution in [-0.4, -0.2) is 19.0 Å². The second-order valence-electron chi connectivity index (χ2n) is 1.28. The largest absolute Gasteiger partial charge is 0.335 e. The molecule has 0 radical (unpaired) electrons. The van der Waals surface area contributed by atoms with E-state index in [1.807, 2.05) is 0 Å². The van der Waals surface area contributed by atoms with Crippen LogP contribution in [0.4, 0.5) is 0 Å². The molecule has 0 rings (SSSR count). The second kappa shape index (κ2) is 4.83. The van der Waals surface area contributed by atoms with Crippen LogP contribution in [0.3, 0.4) is 0 Å². The first kappa shape index (κ1) is 7.68. The predicted molar refractivity (Wildman–Crippen MR) is 32.4 cm³/mol. The van der Waals surface area contributed by atoms with E-state index in [0.717, 1.165) is 0 Å². The van der Waals surface area contributed by atoms with Gasteiger partial charge in [0.2, 0.25) is 12.8 Å². The van der Waals surface area contributed by atoms with Gasteiger partial charge in [0.25, 0.3) is 0 Å². The average molecular weight is 128 g/mol. The highest BCUT2D eigenvalue weighted by atomic mass is 16.1. The molecule has 0 aromatic carbocycles. The van der Waals surface area contributed by atoms with Gasteiger partial charge in [-0.3, -0.25) is 9.59 Å². The Labute approximate surface area is 52.9 Å². The summed E-state index contributed by atoms with van der Waals surface area (Å²) in [5.74, 6) is 0. The molecule has 0 aromatic rings. The Morgan fingerprint density at radius 1 is 1.22 bits per heavy atom. The minimum absolute atomic E-state index is 0.458. The minimum Gasteiger partial charge on any atom is -0.335 e. The van der Waals surface area contributed by atoms with Gasteiger partial charge in [-0.25, -0.2) is 0 Å². The van der Waals surface area contributed by atoms with Gasteiger partial charge in [-0.05, 0) is 6.08 Å². The zero-order chi connectivity index (χ0) is 7.11. The van der Waals surface area contributed by atoms with Crippen molar-refractivity contribution in [2.24, 2.45) is 0 Å². The van der Waals surface area contributed by atoms with E-state index in [0.29, 0.717) is 12.8 Å². The Morgan fingerprint density at radius 3 is 1.89 bits per heavy atom.